The number of nitrogens with one attached hydrogen (secondary N) is 2. The number of amides is 1. The zero-order valence-electron chi connectivity index (χ0n) is 19.5. The second-order valence-electron chi connectivity index (χ2n) is 8.81. The van der Waals surface area contributed by atoms with E-state index in [2.05, 4.69) is 51.3 Å². The number of nitrogens with zero attached hydrogens (tertiary/aromatic N) is 5. The van der Waals surface area contributed by atoms with Crippen molar-refractivity contribution in [1.82, 2.24) is 30.3 Å². The number of rotatable bonds is 8. The lowest BCUT2D eigenvalue weighted by atomic mass is 10.00. The zero-order valence-corrected chi connectivity index (χ0v) is 19.5. The third-order valence-electron chi connectivity index (χ3n) is 6.57. The minimum atomic E-state index is 0.131. The van der Waals surface area contributed by atoms with Crippen LogP contribution in [0, 0.1) is 25.2 Å². The Hall–Kier alpha value is -3.28. The molecule has 33 heavy (non-hydrogen) atoms. The maximum Gasteiger partial charge on any atom is 0.222 e. The molecular weight excluding hydrogens is 414 g/mol. The molecule has 1 aromatic carbocycles. The van der Waals surface area contributed by atoms with Crippen LogP contribution < -0.4 is 10.9 Å². The van der Waals surface area contributed by atoms with Crippen LogP contribution in [0.4, 0.5) is 0 Å². The Morgan fingerprint density at radius 2 is 2.06 bits per heavy atom. The number of fused-ring (bicyclic) bond motifs is 1. The number of carbonyl (C=O) groups is 1. The lowest BCUT2D eigenvalue weighted by Crippen LogP contribution is -2.32. The molecule has 2 N–H and O–H groups in total. The molecule has 1 aliphatic heterocycles. The van der Waals surface area contributed by atoms with Gasteiger partial charge in [-0.2, -0.15) is 10.4 Å². The number of hydrogen-bond donors (Lipinski definition) is 2. The highest BCUT2D eigenvalue weighted by molar-refractivity contribution is 5.76. The predicted octanol–water partition coefficient (Wildman–Crippen LogP) is 3.00. The SMILES string of the molecule is Cc1nc2c(C#N)cnn2c(C)c1CCC(=O)N(C)CCCC1CC(c2ccccc2)NN1. The molecule has 2 aromatic heterocycles. The first-order chi connectivity index (χ1) is 16.0. The van der Waals surface area contributed by atoms with E-state index in [4.69, 9.17) is 0 Å². The molecule has 3 heterocycles. The fourth-order valence-corrected chi connectivity index (χ4v) is 4.59. The molecule has 172 valence electrons. The van der Waals surface area contributed by atoms with Crippen LogP contribution in [-0.2, 0) is 11.2 Å². The van der Waals surface area contributed by atoms with Crippen LogP contribution in [0.5, 0.6) is 0 Å². The first kappa shape index (κ1) is 22.9. The van der Waals surface area contributed by atoms with E-state index in [1.165, 1.54) is 11.8 Å². The summed E-state index contributed by atoms with van der Waals surface area (Å²) in [7, 11) is 1.88. The molecule has 1 amide bonds. The predicted molar refractivity (Wildman–Crippen MR) is 126 cm³/mol. The van der Waals surface area contributed by atoms with E-state index in [1.54, 1.807) is 4.52 Å². The smallest absolute Gasteiger partial charge is 0.222 e. The summed E-state index contributed by atoms with van der Waals surface area (Å²) < 4.78 is 1.69. The monoisotopic (exact) mass is 445 g/mol. The highest BCUT2D eigenvalue weighted by Gasteiger charge is 2.24. The average Bonchev–Trinajstić information content (AvgIpc) is 3.46. The Labute approximate surface area is 194 Å². The van der Waals surface area contributed by atoms with Crippen LogP contribution in [0.1, 0.15) is 59.8 Å². The van der Waals surface area contributed by atoms with Crippen molar-refractivity contribution in [3.8, 4) is 6.07 Å². The van der Waals surface area contributed by atoms with Crippen molar-refractivity contribution in [3.05, 3.63) is 64.6 Å². The molecule has 1 fully saturated rings. The summed E-state index contributed by atoms with van der Waals surface area (Å²) in [6.07, 6.45) is 5.60. The minimum absolute atomic E-state index is 0.131. The van der Waals surface area contributed by atoms with Crippen LogP contribution in [0.15, 0.2) is 36.5 Å². The number of hydrazine groups is 1. The van der Waals surface area contributed by atoms with Gasteiger partial charge in [0.1, 0.15) is 11.6 Å². The van der Waals surface area contributed by atoms with Crippen LogP contribution in [0.3, 0.4) is 0 Å². The quantitative estimate of drug-likeness (QED) is 0.553. The van der Waals surface area contributed by atoms with Gasteiger partial charge in [0.05, 0.1) is 6.20 Å². The second kappa shape index (κ2) is 10.1. The number of benzene rings is 1. The van der Waals surface area contributed by atoms with Gasteiger partial charge in [0.2, 0.25) is 5.91 Å². The Balaban J connectivity index is 1.25. The van der Waals surface area contributed by atoms with Crippen molar-refractivity contribution in [3.63, 3.8) is 0 Å². The van der Waals surface area contributed by atoms with E-state index in [-0.39, 0.29) is 5.91 Å². The summed E-state index contributed by atoms with van der Waals surface area (Å²) in [5.41, 5.74) is 11.9. The molecule has 0 saturated carbocycles. The number of nitriles is 1. The molecule has 1 saturated heterocycles. The van der Waals surface area contributed by atoms with Gasteiger partial charge in [0.25, 0.3) is 0 Å². The van der Waals surface area contributed by atoms with Crippen LogP contribution in [0.2, 0.25) is 0 Å². The fourth-order valence-electron chi connectivity index (χ4n) is 4.59. The molecule has 8 nitrogen and oxygen atoms in total. The number of aryl methyl sites for hydroxylation is 2. The molecule has 2 atom stereocenters. The maximum atomic E-state index is 12.7. The number of carbonyl (C=O) groups excluding carboxylic acids is 1. The molecule has 0 radical (unpaired) electrons. The molecule has 2 unspecified atom stereocenters. The molecule has 0 bridgehead atoms. The van der Waals surface area contributed by atoms with Gasteiger partial charge in [-0.05, 0) is 50.7 Å². The Bertz CT molecular complexity index is 1160. The van der Waals surface area contributed by atoms with E-state index in [0.29, 0.717) is 36.1 Å². The first-order valence-electron chi connectivity index (χ1n) is 11.5. The zero-order chi connectivity index (χ0) is 23.4. The van der Waals surface area contributed by atoms with Gasteiger partial charge < -0.3 is 4.90 Å². The molecule has 8 heteroatoms. The van der Waals surface area contributed by atoms with Crippen molar-refractivity contribution < 1.29 is 4.79 Å². The highest BCUT2D eigenvalue weighted by atomic mass is 16.2. The Morgan fingerprint density at radius 3 is 2.82 bits per heavy atom. The van der Waals surface area contributed by atoms with E-state index in [1.807, 2.05) is 31.9 Å². The molecular formula is C25H31N7O. The topological polar surface area (TPSA) is 98.4 Å². The molecule has 3 aromatic rings. The van der Waals surface area contributed by atoms with Crippen LogP contribution in [0.25, 0.3) is 5.65 Å². The van der Waals surface area contributed by atoms with Gasteiger partial charge >= 0.3 is 0 Å². The van der Waals surface area contributed by atoms with Crippen LogP contribution >= 0.6 is 0 Å². The number of hydrogen-bond acceptors (Lipinski definition) is 6. The lowest BCUT2D eigenvalue weighted by molar-refractivity contribution is -0.129. The molecule has 1 aliphatic rings. The standard InChI is InChI=1S/C25H31N7O/c1-17-22(18(2)32-25(28-17)20(15-26)16-27-32)11-12-24(33)31(3)13-7-10-21-14-23(30-29-21)19-8-5-4-6-9-19/h4-6,8-9,16,21,23,29-30H,7,10-14H2,1-3H3. The van der Waals surface area contributed by atoms with E-state index in [0.717, 1.165) is 42.8 Å². The third kappa shape index (κ3) is 5.05. The van der Waals surface area contributed by atoms with Crippen molar-refractivity contribution in [2.75, 3.05) is 13.6 Å². The minimum Gasteiger partial charge on any atom is -0.346 e. The maximum absolute atomic E-state index is 12.7. The average molecular weight is 446 g/mol. The van der Waals surface area contributed by atoms with Gasteiger partial charge in [0, 0.05) is 43.5 Å². The summed E-state index contributed by atoms with van der Waals surface area (Å²) in [6, 6.07) is 13.4. The van der Waals surface area contributed by atoms with Gasteiger partial charge in [-0.3, -0.25) is 15.6 Å². The summed E-state index contributed by atoms with van der Waals surface area (Å²) in [5.74, 6) is 0.131. The van der Waals surface area contributed by atoms with Crippen LogP contribution in [-0.4, -0.2) is 45.0 Å². The Kier molecular flexibility index (Phi) is 7.02. The lowest BCUT2D eigenvalue weighted by Gasteiger charge is -2.19. The first-order valence-corrected chi connectivity index (χ1v) is 11.5. The van der Waals surface area contributed by atoms with E-state index < -0.39 is 0 Å². The van der Waals surface area contributed by atoms with Gasteiger partial charge in [-0.25, -0.2) is 9.50 Å². The summed E-state index contributed by atoms with van der Waals surface area (Å²) in [4.78, 5) is 19.1. The van der Waals surface area contributed by atoms with Crippen molar-refractivity contribution >= 4 is 11.6 Å². The molecule has 0 spiro atoms. The van der Waals surface area contributed by atoms with E-state index in [9.17, 15) is 10.1 Å². The molecule has 4 rings (SSSR count). The summed E-state index contributed by atoms with van der Waals surface area (Å²) in [6.45, 7) is 4.63. The largest absolute Gasteiger partial charge is 0.346 e. The highest BCUT2D eigenvalue weighted by Crippen LogP contribution is 2.24. The van der Waals surface area contributed by atoms with Gasteiger partial charge in [-0.1, -0.05) is 30.3 Å². The summed E-state index contributed by atoms with van der Waals surface area (Å²) >= 11 is 0. The fraction of sp³-hybridized carbons (Fsp3) is 0.440. The number of aromatic nitrogens is 3. The normalized spacial score (nSPS) is 17.9. The van der Waals surface area contributed by atoms with Crippen molar-refractivity contribution in [1.29, 1.82) is 5.26 Å². The summed E-state index contributed by atoms with van der Waals surface area (Å²) in [5, 5.41) is 13.5. The van der Waals surface area contributed by atoms with Crippen molar-refractivity contribution in [2.45, 2.75) is 58.0 Å². The van der Waals surface area contributed by atoms with E-state index >= 15 is 0 Å². The third-order valence-corrected chi connectivity index (χ3v) is 6.57. The second-order valence-corrected chi connectivity index (χ2v) is 8.81. The van der Waals surface area contributed by atoms with Crippen molar-refractivity contribution in [2.24, 2.45) is 0 Å². The Morgan fingerprint density at radius 1 is 1.27 bits per heavy atom. The van der Waals surface area contributed by atoms with Gasteiger partial charge in [0.15, 0.2) is 5.65 Å². The molecule has 0 aliphatic carbocycles. The van der Waals surface area contributed by atoms with Gasteiger partial charge in [-0.15, -0.1) is 0 Å².